The normalized spacial score (nSPS) is 10.5. The fourth-order valence-electron chi connectivity index (χ4n) is 1.94. The Labute approximate surface area is 120 Å². The highest BCUT2D eigenvalue weighted by atomic mass is 19.1. The van der Waals surface area contributed by atoms with Gasteiger partial charge < -0.3 is 10.5 Å². The average Bonchev–Trinajstić information content (AvgIpc) is 2.48. The van der Waals surface area contributed by atoms with Crippen LogP contribution < -0.4 is 11.3 Å². The lowest BCUT2D eigenvalue weighted by atomic mass is 10.1. The molecule has 7 heteroatoms. The summed E-state index contributed by atoms with van der Waals surface area (Å²) in [6, 6.07) is 5.17. The second-order valence-corrected chi connectivity index (χ2v) is 4.34. The van der Waals surface area contributed by atoms with E-state index in [4.69, 9.17) is 5.73 Å². The molecule has 0 aliphatic rings. The van der Waals surface area contributed by atoms with E-state index in [0.29, 0.717) is 11.3 Å². The number of ether oxygens (including phenoxy) is 1. The van der Waals surface area contributed by atoms with Gasteiger partial charge in [0.2, 0.25) is 0 Å². The number of aromatic nitrogens is 2. The quantitative estimate of drug-likeness (QED) is 0.850. The van der Waals surface area contributed by atoms with Crippen LogP contribution in [-0.2, 0) is 11.3 Å². The van der Waals surface area contributed by atoms with Crippen LogP contribution in [0.2, 0.25) is 0 Å². The van der Waals surface area contributed by atoms with E-state index in [-0.39, 0.29) is 17.8 Å². The summed E-state index contributed by atoms with van der Waals surface area (Å²) in [7, 11) is 1.22. The Morgan fingerprint density at radius 1 is 1.38 bits per heavy atom. The first-order valence-electron chi connectivity index (χ1n) is 6.16. The van der Waals surface area contributed by atoms with Crippen LogP contribution in [0.25, 0.3) is 5.69 Å². The smallest absolute Gasteiger partial charge is 0.358 e. The minimum Gasteiger partial charge on any atom is -0.464 e. The average molecular weight is 291 g/mol. The minimum absolute atomic E-state index is 0.00174. The number of carbonyl (C=O) groups excluding carboxylic acids is 1. The maximum absolute atomic E-state index is 13.0. The number of halogens is 1. The van der Waals surface area contributed by atoms with Gasteiger partial charge in [-0.05, 0) is 36.8 Å². The molecule has 0 saturated heterocycles. The summed E-state index contributed by atoms with van der Waals surface area (Å²) in [5.41, 5.74) is 6.11. The highest BCUT2D eigenvalue weighted by Crippen LogP contribution is 2.12. The van der Waals surface area contributed by atoms with Crippen molar-refractivity contribution in [2.24, 2.45) is 5.73 Å². The monoisotopic (exact) mass is 291 g/mol. The number of hydrogen-bond acceptors (Lipinski definition) is 5. The van der Waals surface area contributed by atoms with Crippen molar-refractivity contribution in [3.8, 4) is 5.69 Å². The fourth-order valence-corrected chi connectivity index (χ4v) is 1.94. The molecule has 0 atom stereocenters. The lowest BCUT2D eigenvalue weighted by molar-refractivity contribution is 0.0590. The summed E-state index contributed by atoms with van der Waals surface area (Å²) in [5.74, 6) is -1.11. The van der Waals surface area contributed by atoms with Crippen molar-refractivity contribution in [3.05, 3.63) is 57.3 Å². The number of hydrogen-bond donors (Lipinski definition) is 1. The number of nitrogens with zero attached hydrogens (tertiary/aromatic N) is 2. The summed E-state index contributed by atoms with van der Waals surface area (Å²) in [4.78, 5) is 24.1. The molecular weight excluding hydrogens is 277 g/mol. The molecule has 0 unspecified atom stereocenters. The second-order valence-electron chi connectivity index (χ2n) is 4.34. The molecule has 2 aromatic rings. The molecule has 2 rings (SSSR count). The van der Waals surface area contributed by atoms with Crippen molar-refractivity contribution in [1.29, 1.82) is 0 Å². The zero-order chi connectivity index (χ0) is 15.6. The summed E-state index contributed by atoms with van der Waals surface area (Å²) in [6.07, 6.45) is 0. The molecule has 21 heavy (non-hydrogen) atoms. The lowest BCUT2D eigenvalue weighted by Crippen LogP contribution is -2.30. The van der Waals surface area contributed by atoms with E-state index in [2.05, 4.69) is 9.84 Å². The third-order valence-electron chi connectivity index (χ3n) is 3.11. The van der Waals surface area contributed by atoms with Gasteiger partial charge in [0.25, 0.3) is 5.56 Å². The van der Waals surface area contributed by atoms with Gasteiger partial charge in [-0.3, -0.25) is 4.79 Å². The molecule has 0 bridgehead atoms. The summed E-state index contributed by atoms with van der Waals surface area (Å²) in [6.45, 7) is 1.54. The molecule has 6 nitrogen and oxygen atoms in total. The molecule has 0 spiro atoms. The van der Waals surface area contributed by atoms with Gasteiger partial charge in [0, 0.05) is 12.1 Å². The second kappa shape index (κ2) is 5.84. The van der Waals surface area contributed by atoms with Gasteiger partial charge in [0.1, 0.15) is 5.82 Å². The Hall–Kier alpha value is -2.54. The van der Waals surface area contributed by atoms with Gasteiger partial charge in [-0.15, -0.1) is 0 Å². The molecule has 0 amide bonds. The van der Waals surface area contributed by atoms with E-state index in [1.165, 1.54) is 31.4 Å². The van der Waals surface area contributed by atoms with E-state index in [1.54, 1.807) is 6.92 Å². The van der Waals surface area contributed by atoms with Crippen molar-refractivity contribution < 1.29 is 13.9 Å². The van der Waals surface area contributed by atoms with E-state index in [0.717, 1.165) is 4.68 Å². The molecule has 0 fully saturated rings. The molecule has 1 aromatic carbocycles. The molecule has 0 aliphatic carbocycles. The number of carbonyl (C=O) groups is 1. The Morgan fingerprint density at radius 2 is 2.00 bits per heavy atom. The third-order valence-corrected chi connectivity index (χ3v) is 3.11. The van der Waals surface area contributed by atoms with Crippen LogP contribution in [-0.4, -0.2) is 22.9 Å². The third kappa shape index (κ3) is 2.68. The van der Waals surface area contributed by atoms with E-state index < -0.39 is 17.3 Å². The van der Waals surface area contributed by atoms with E-state index in [1.807, 2.05) is 0 Å². The fraction of sp³-hybridized carbons (Fsp3) is 0.214. The SMILES string of the molecule is COC(=O)c1nn(-c2ccc(F)cc2)c(=O)c(CN)c1C. The largest absolute Gasteiger partial charge is 0.464 e. The molecule has 1 aromatic heterocycles. The maximum Gasteiger partial charge on any atom is 0.358 e. The summed E-state index contributed by atoms with van der Waals surface area (Å²) in [5, 5.41) is 4.00. The highest BCUT2D eigenvalue weighted by molar-refractivity contribution is 5.88. The molecule has 110 valence electrons. The topological polar surface area (TPSA) is 87.2 Å². The molecule has 0 radical (unpaired) electrons. The standard InChI is InChI=1S/C14H14FN3O3/c1-8-11(7-16)13(19)18(17-12(8)14(20)21-2)10-5-3-9(15)4-6-10/h3-6H,7,16H2,1-2H3. The van der Waals surface area contributed by atoms with Crippen LogP contribution in [0.15, 0.2) is 29.1 Å². The molecule has 0 saturated carbocycles. The number of methoxy groups -OCH3 is 1. The summed E-state index contributed by atoms with van der Waals surface area (Å²) >= 11 is 0. The Bertz CT molecular complexity index is 738. The van der Waals surface area contributed by atoms with Crippen LogP contribution in [0.4, 0.5) is 4.39 Å². The predicted octanol–water partition coefficient (Wildman–Crippen LogP) is 0.925. The van der Waals surface area contributed by atoms with E-state index in [9.17, 15) is 14.0 Å². The zero-order valence-electron chi connectivity index (χ0n) is 11.6. The first kappa shape index (κ1) is 14.9. The Morgan fingerprint density at radius 3 is 2.52 bits per heavy atom. The molecular formula is C14H14FN3O3. The van der Waals surface area contributed by atoms with Crippen molar-refractivity contribution in [2.45, 2.75) is 13.5 Å². The van der Waals surface area contributed by atoms with Gasteiger partial charge >= 0.3 is 5.97 Å². The zero-order valence-corrected chi connectivity index (χ0v) is 11.6. The van der Waals surface area contributed by atoms with Crippen LogP contribution in [0.5, 0.6) is 0 Å². The van der Waals surface area contributed by atoms with Crippen LogP contribution in [0.1, 0.15) is 21.6 Å². The van der Waals surface area contributed by atoms with Crippen molar-refractivity contribution in [2.75, 3.05) is 7.11 Å². The van der Waals surface area contributed by atoms with Gasteiger partial charge in [0.15, 0.2) is 5.69 Å². The van der Waals surface area contributed by atoms with Crippen LogP contribution >= 0.6 is 0 Å². The Balaban J connectivity index is 2.74. The first-order chi connectivity index (χ1) is 9.99. The van der Waals surface area contributed by atoms with Crippen LogP contribution in [0, 0.1) is 12.7 Å². The molecule has 2 N–H and O–H groups in total. The maximum atomic E-state index is 13.0. The number of nitrogens with two attached hydrogens (primary N) is 1. The van der Waals surface area contributed by atoms with Gasteiger partial charge in [-0.25, -0.2) is 9.18 Å². The van der Waals surface area contributed by atoms with Gasteiger partial charge in [-0.2, -0.15) is 9.78 Å². The lowest BCUT2D eigenvalue weighted by Gasteiger charge is -2.12. The van der Waals surface area contributed by atoms with Crippen molar-refractivity contribution in [3.63, 3.8) is 0 Å². The van der Waals surface area contributed by atoms with E-state index >= 15 is 0 Å². The minimum atomic E-state index is -0.668. The molecule has 1 heterocycles. The number of rotatable bonds is 3. The molecule has 0 aliphatic heterocycles. The summed E-state index contributed by atoms with van der Waals surface area (Å²) < 4.78 is 18.6. The number of esters is 1. The van der Waals surface area contributed by atoms with Gasteiger partial charge in [-0.1, -0.05) is 0 Å². The van der Waals surface area contributed by atoms with Crippen molar-refractivity contribution >= 4 is 5.97 Å². The van der Waals surface area contributed by atoms with Crippen molar-refractivity contribution in [1.82, 2.24) is 9.78 Å². The first-order valence-corrected chi connectivity index (χ1v) is 6.16. The Kier molecular flexibility index (Phi) is 4.13. The van der Waals surface area contributed by atoms with Crippen LogP contribution in [0.3, 0.4) is 0 Å². The number of benzene rings is 1. The highest BCUT2D eigenvalue weighted by Gasteiger charge is 2.19. The predicted molar refractivity (Wildman–Crippen MR) is 73.8 cm³/mol. The van der Waals surface area contributed by atoms with Gasteiger partial charge in [0.05, 0.1) is 12.8 Å².